The highest BCUT2D eigenvalue weighted by atomic mass is 16.5. The molecule has 0 saturated carbocycles. The Labute approximate surface area is 90.3 Å². The van der Waals surface area contributed by atoms with Crippen molar-refractivity contribution in [3.05, 3.63) is 29.0 Å². The van der Waals surface area contributed by atoms with Gasteiger partial charge in [-0.2, -0.15) is 0 Å². The predicted octanol–water partition coefficient (Wildman–Crippen LogP) is 1.74. The van der Waals surface area contributed by atoms with Gasteiger partial charge in [-0.3, -0.25) is 0 Å². The Kier molecular flexibility index (Phi) is 3.21. The smallest absolute Gasteiger partial charge is 0.176 e. The van der Waals surface area contributed by atoms with Gasteiger partial charge >= 0.3 is 0 Å². The molecule has 2 aliphatic rings. The molecular formula is C12H17NO2. The summed E-state index contributed by atoms with van der Waals surface area (Å²) >= 11 is 0. The Hall–Kier alpha value is -1.09. The maximum absolute atomic E-state index is 10.5. The van der Waals surface area contributed by atoms with Crippen LogP contribution in [0.5, 0.6) is 0 Å². The van der Waals surface area contributed by atoms with E-state index in [1.807, 2.05) is 0 Å². The largest absolute Gasteiger partial charge is 0.624 e. The highest BCUT2D eigenvalue weighted by Gasteiger charge is 2.27. The summed E-state index contributed by atoms with van der Waals surface area (Å²) in [4.78, 5) is 0. The number of rotatable bonds is 5. The van der Waals surface area contributed by atoms with Crippen LogP contribution >= 0.6 is 0 Å². The van der Waals surface area contributed by atoms with Crippen molar-refractivity contribution in [3.8, 4) is 0 Å². The lowest BCUT2D eigenvalue weighted by molar-refractivity contribution is -0.419. The second kappa shape index (κ2) is 4.62. The maximum Gasteiger partial charge on any atom is 0.176 e. The van der Waals surface area contributed by atoms with Gasteiger partial charge in [0.2, 0.25) is 0 Å². The summed E-state index contributed by atoms with van der Waals surface area (Å²) in [7, 11) is 1.46. The molecule has 2 unspecified atom stereocenters. The van der Waals surface area contributed by atoms with Gasteiger partial charge in [0.1, 0.15) is 13.7 Å². The van der Waals surface area contributed by atoms with Gasteiger partial charge in [-0.15, -0.1) is 0 Å². The number of hydrogen-bond acceptors (Lipinski definition) is 2. The standard InChI is InChI=1S/C12H17NO2/c1-13(14)5-7-15-6-4-12-9-10-2-3-11(12)8-10/h2-3,5,9-11H,4,6-8H2,1H3/b13-5-. The van der Waals surface area contributed by atoms with Crippen molar-refractivity contribution in [1.29, 1.82) is 0 Å². The minimum Gasteiger partial charge on any atom is -0.624 e. The van der Waals surface area contributed by atoms with Crippen molar-refractivity contribution >= 4 is 6.21 Å². The minimum atomic E-state index is 0.414. The summed E-state index contributed by atoms with van der Waals surface area (Å²) in [5.74, 6) is 1.36. The normalized spacial score (nSPS) is 28.6. The lowest BCUT2D eigenvalue weighted by Crippen LogP contribution is -2.06. The third-order valence-corrected chi connectivity index (χ3v) is 3.01. The Morgan fingerprint density at radius 1 is 1.60 bits per heavy atom. The van der Waals surface area contributed by atoms with Crippen molar-refractivity contribution < 1.29 is 9.48 Å². The van der Waals surface area contributed by atoms with E-state index in [2.05, 4.69) is 18.2 Å². The molecule has 15 heavy (non-hydrogen) atoms. The van der Waals surface area contributed by atoms with Gasteiger partial charge in [0.15, 0.2) is 6.21 Å². The average Bonchev–Trinajstić information content (AvgIpc) is 2.78. The Balaban J connectivity index is 1.63. The van der Waals surface area contributed by atoms with Crippen molar-refractivity contribution in [1.82, 2.24) is 0 Å². The first-order valence-electron chi connectivity index (χ1n) is 5.45. The van der Waals surface area contributed by atoms with Crippen LogP contribution in [0, 0.1) is 17.0 Å². The minimum absolute atomic E-state index is 0.414. The molecule has 3 nitrogen and oxygen atoms in total. The van der Waals surface area contributed by atoms with Gasteiger partial charge in [0, 0.05) is 0 Å². The molecule has 2 aliphatic carbocycles. The Morgan fingerprint density at radius 2 is 2.47 bits per heavy atom. The summed E-state index contributed by atoms with van der Waals surface area (Å²) in [5, 5.41) is 10.5. The van der Waals surface area contributed by atoms with Crippen molar-refractivity contribution in [3.63, 3.8) is 0 Å². The predicted molar refractivity (Wildman–Crippen MR) is 59.9 cm³/mol. The van der Waals surface area contributed by atoms with Crippen LogP contribution in [0.2, 0.25) is 0 Å². The number of nitrogens with zero attached hydrogens (tertiary/aromatic N) is 1. The summed E-state index contributed by atoms with van der Waals surface area (Å²) in [6, 6.07) is 0. The first-order chi connectivity index (χ1) is 7.25. The van der Waals surface area contributed by atoms with E-state index in [9.17, 15) is 5.21 Å². The van der Waals surface area contributed by atoms with Crippen molar-refractivity contribution in [2.24, 2.45) is 11.8 Å². The van der Waals surface area contributed by atoms with Crippen LogP contribution in [0.3, 0.4) is 0 Å². The number of ether oxygens (including phenoxy) is 1. The molecule has 0 aliphatic heterocycles. The summed E-state index contributed by atoms with van der Waals surface area (Å²) in [6.07, 6.45) is 10.7. The molecule has 2 rings (SSSR count). The van der Waals surface area contributed by atoms with Crippen LogP contribution in [0.15, 0.2) is 23.8 Å². The fourth-order valence-corrected chi connectivity index (χ4v) is 2.22. The van der Waals surface area contributed by atoms with Gasteiger partial charge in [-0.25, -0.2) is 4.74 Å². The Morgan fingerprint density at radius 3 is 3.07 bits per heavy atom. The fraction of sp³-hybridized carbons (Fsp3) is 0.583. The second-order valence-corrected chi connectivity index (χ2v) is 4.19. The highest BCUT2D eigenvalue weighted by molar-refractivity contribution is 5.52. The van der Waals surface area contributed by atoms with Crippen molar-refractivity contribution in [2.45, 2.75) is 12.8 Å². The van der Waals surface area contributed by atoms with Gasteiger partial charge in [0.25, 0.3) is 0 Å². The topological polar surface area (TPSA) is 35.3 Å². The first-order valence-corrected chi connectivity index (χ1v) is 5.45. The molecule has 0 aromatic heterocycles. The number of hydrogen-bond donors (Lipinski definition) is 0. The zero-order chi connectivity index (χ0) is 10.7. The average molecular weight is 207 g/mol. The molecule has 0 saturated heterocycles. The SMILES string of the molecule is C/[N+]([O-])=C/COCCC1=CC2C=CC1C2. The Bertz CT molecular complexity index is 314. The molecule has 2 bridgehead atoms. The maximum atomic E-state index is 10.5. The number of allylic oxidation sites excluding steroid dienone is 3. The van der Waals surface area contributed by atoms with Crippen LogP contribution in [0.25, 0.3) is 0 Å². The molecule has 0 radical (unpaired) electrons. The second-order valence-electron chi connectivity index (χ2n) is 4.19. The molecule has 82 valence electrons. The van der Waals surface area contributed by atoms with E-state index < -0.39 is 0 Å². The third-order valence-electron chi connectivity index (χ3n) is 3.01. The van der Waals surface area contributed by atoms with Crippen molar-refractivity contribution in [2.75, 3.05) is 20.3 Å². The van der Waals surface area contributed by atoms with Crippen LogP contribution in [-0.4, -0.2) is 31.2 Å². The molecule has 0 aromatic rings. The molecule has 0 heterocycles. The molecule has 0 spiro atoms. The monoisotopic (exact) mass is 207 g/mol. The van der Waals surface area contributed by atoms with Crippen LogP contribution in [-0.2, 0) is 4.74 Å². The highest BCUT2D eigenvalue weighted by Crippen LogP contribution is 2.39. The first kappa shape index (κ1) is 10.4. The van der Waals surface area contributed by atoms with Gasteiger partial charge in [-0.1, -0.05) is 23.8 Å². The molecular weight excluding hydrogens is 190 g/mol. The van der Waals surface area contributed by atoms with Crippen LogP contribution in [0.1, 0.15) is 12.8 Å². The summed E-state index contributed by atoms with van der Waals surface area (Å²) in [6.45, 7) is 1.13. The van der Waals surface area contributed by atoms with Gasteiger partial charge < -0.3 is 9.94 Å². The lowest BCUT2D eigenvalue weighted by atomic mass is 10.0. The molecule has 2 atom stereocenters. The van der Waals surface area contributed by atoms with E-state index in [1.54, 1.807) is 0 Å². The molecule has 0 N–H and O–H groups in total. The van der Waals surface area contributed by atoms with E-state index in [-0.39, 0.29) is 0 Å². The zero-order valence-electron chi connectivity index (χ0n) is 9.06. The quantitative estimate of drug-likeness (QED) is 0.172. The van der Waals surface area contributed by atoms with E-state index in [0.717, 1.165) is 11.2 Å². The molecule has 0 fully saturated rings. The molecule has 0 aromatic carbocycles. The van der Waals surface area contributed by atoms with Crippen LogP contribution < -0.4 is 0 Å². The number of hydroxylamine groups is 1. The molecule has 0 amide bonds. The zero-order valence-corrected chi connectivity index (χ0v) is 9.06. The molecule has 3 heteroatoms. The van der Waals surface area contributed by atoms with Gasteiger partial charge in [-0.05, 0) is 24.7 Å². The summed E-state index contributed by atoms with van der Waals surface area (Å²) in [5.41, 5.74) is 1.51. The number of fused-ring (bicyclic) bond motifs is 2. The van der Waals surface area contributed by atoms with Gasteiger partial charge in [0.05, 0.1) is 6.61 Å². The van der Waals surface area contributed by atoms with E-state index in [1.165, 1.54) is 25.3 Å². The van der Waals surface area contributed by atoms with Crippen LogP contribution in [0.4, 0.5) is 0 Å². The van der Waals surface area contributed by atoms with E-state index in [4.69, 9.17) is 4.74 Å². The third kappa shape index (κ3) is 2.69. The van der Waals surface area contributed by atoms with E-state index >= 15 is 0 Å². The van der Waals surface area contributed by atoms with E-state index in [0.29, 0.717) is 25.0 Å². The summed E-state index contributed by atoms with van der Waals surface area (Å²) < 4.78 is 6.13. The lowest BCUT2D eigenvalue weighted by Gasteiger charge is -2.09. The fourth-order valence-electron chi connectivity index (χ4n) is 2.22.